The lowest BCUT2D eigenvalue weighted by atomic mass is 10.2. The highest BCUT2D eigenvalue weighted by Crippen LogP contribution is 2.40. The molecule has 1 aromatic carbocycles. The van der Waals surface area contributed by atoms with E-state index in [1.807, 2.05) is 10.6 Å². The van der Waals surface area contributed by atoms with Gasteiger partial charge in [-0.25, -0.2) is 9.37 Å². The Hall–Kier alpha value is -1.80. The molecule has 0 bridgehead atoms. The molecule has 3 aromatic rings. The van der Waals surface area contributed by atoms with E-state index in [0.29, 0.717) is 29.8 Å². The van der Waals surface area contributed by atoms with Crippen LogP contribution in [0.4, 0.5) is 4.39 Å². The van der Waals surface area contributed by atoms with Gasteiger partial charge in [0.25, 0.3) is 0 Å². The van der Waals surface area contributed by atoms with Crippen molar-refractivity contribution in [3.63, 3.8) is 0 Å². The average Bonchev–Trinajstić information content (AvgIpc) is 3.22. The first-order valence-corrected chi connectivity index (χ1v) is 9.90. The molecule has 5 nitrogen and oxygen atoms in total. The third-order valence-corrected chi connectivity index (χ3v) is 5.67. The van der Waals surface area contributed by atoms with Gasteiger partial charge in [0.1, 0.15) is 11.6 Å². The largest absolute Gasteiger partial charge is 0.301 e. The van der Waals surface area contributed by atoms with Crippen molar-refractivity contribution in [2.24, 2.45) is 5.92 Å². The van der Waals surface area contributed by atoms with Crippen molar-refractivity contribution in [1.29, 1.82) is 0 Å². The molecule has 1 fully saturated rings. The second kappa shape index (κ2) is 6.84. The van der Waals surface area contributed by atoms with Crippen molar-refractivity contribution in [1.82, 2.24) is 24.1 Å². The second-order valence-corrected chi connectivity index (χ2v) is 8.55. The van der Waals surface area contributed by atoms with Gasteiger partial charge < -0.3 is 4.57 Å². The Morgan fingerprint density at radius 3 is 2.80 bits per heavy atom. The first-order valence-electron chi connectivity index (χ1n) is 8.31. The number of hydrogen-bond donors (Lipinski definition) is 0. The molecule has 25 heavy (non-hydrogen) atoms. The van der Waals surface area contributed by atoms with E-state index < -0.39 is 0 Å². The van der Waals surface area contributed by atoms with Crippen molar-refractivity contribution in [2.45, 2.75) is 48.6 Å². The van der Waals surface area contributed by atoms with Gasteiger partial charge in [0.2, 0.25) is 0 Å². The van der Waals surface area contributed by atoms with Crippen molar-refractivity contribution in [2.75, 3.05) is 0 Å². The summed E-state index contributed by atoms with van der Waals surface area (Å²) in [5, 5.41) is 9.29. The van der Waals surface area contributed by atoms with Crippen LogP contribution in [0.3, 0.4) is 0 Å². The molecule has 1 aliphatic carbocycles. The summed E-state index contributed by atoms with van der Waals surface area (Å²) in [5.41, 5.74) is 0.471. The number of benzene rings is 1. The van der Waals surface area contributed by atoms with Crippen LogP contribution in [0.2, 0.25) is 0 Å². The van der Waals surface area contributed by atoms with Crippen LogP contribution in [0.5, 0.6) is 0 Å². The van der Waals surface area contributed by atoms with Gasteiger partial charge in [-0.3, -0.25) is 0 Å². The molecule has 0 amide bonds. The van der Waals surface area contributed by atoms with Crippen LogP contribution in [0.25, 0.3) is 11.4 Å². The minimum Gasteiger partial charge on any atom is -0.301 e. The number of aromatic nitrogens is 5. The minimum atomic E-state index is -0.289. The lowest BCUT2D eigenvalue weighted by molar-refractivity contribution is 0.496. The third kappa shape index (κ3) is 3.59. The van der Waals surface area contributed by atoms with Gasteiger partial charge in [-0.1, -0.05) is 26.0 Å². The molecule has 0 atom stereocenters. The summed E-state index contributed by atoms with van der Waals surface area (Å²) < 4.78 is 21.5. The van der Waals surface area contributed by atoms with E-state index in [0.717, 1.165) is 15.3 Å². The summed E-state index contributed by atoms with van der Waals surface area (Å²) in [7, 11) is 0. The smallest absolute Gasteiger partial charge is 0.198 e. The summed E-state index contributed by atoms with van der Waals surface area (Å²) in [6.45, 7) is 4.96. The molecular weight excluding hydrogens is 357 g/mol. The van der Waals surface area contributed by atoms with Crippen LogP contribution >= 0.6 is 23.3 Å². The Balaban J connectivity index is 1.68. The summed E-state index contributed by atoms with van der Waals surface area (Å²) in [4.78, 5) is 4.60. The molecule has 0 radical (unpaired) electrons. The van der Waals surface area contributed by atoms with E-state index in [1.165, 1.54) is 42.2 Å². The van der Waals surface area contributed by atoms with Gasteiger partial charge in [0.15, 0.2) is 15.3 Å². The summed E-state index contributed by atoms with van der Waals surface area (Å²) in [5.74, 6) is 2.13. The zero-order chi connectivity index (χ0) is 17.4. The number of hydrogen-bond acceptors (Lipinski definition) is 6. The molecule has 1 aliphatic rings. The zero-order valence-corrected chi connectivity index (χ0v) is 15.6. The average molecular weight is 375 g/mol. The van der Waals surface area contributed by atoms with Gasteiger partial charge in [-0.2, -0.15) is 4.37 Å². The highest BCUT2D eigenvalue weighted by molar-refractivity contribution is 8.00. The molecule has 0 aliphatic heterocycles. The van der Waals surface area contributed by atoms with E-state index in [9.17, 15) is 4.39 Å². The Bertz CT molecular complexity index is 885. The van der Waals surface area contributed by atoms with E-state index >= 15 is 0 Å². The predicted molar refractivity (Wildman–Crippen MR) is 96.3 cm³/mol. The Morgan fingerprint density at radius 1 is 1.28 bits per heavy atom. The van der Waals surface area contributed by atoms with Crippen LogP contribution in [0, 0.1) is 11.7 Å². The van der Waals surface area contributed by atoms with Crippen LogP contribution < -0.4 is 0 Å². The molecule has 4 rings (SSSR count). The fourth-order valence-corrected chi connectivity index (χ4v) is 4.21. The highest BCUT2D eigenvalue weighted by atomic mass is 32.2. The lowest BCUT2D eigenvalue weighted by Crippen LogP contribution is -2.08. The molecular formula is C17H18FN5S2. The first kappa shape index (κ1) is 16.7. The maximum atomic E-state index is 14.2. The van der Waals surface area contributed by atoms with Crippen LogP contribution in [-0.4, -0.2) is 24.1 Å². The molecule has 8 heteroatoms. The molecule has 0 saturated heterocycles. The predicted octanol–water partition coefficient (Wildman–Crippen LogP) is 4.62. The minimum absolute atomic E-state index is 0.289. The summed E-state index contributed by atoms with van der Waals surface area (Å²) in [6.07, 6.45) is 2.36. The molecule has 0 spiro atoms. The number of nitrogens with zero attached hydrogens (tertiary/aromatic N) is 5. The van der Waals surface area contributed by atoms with Crippen LogP contribution in [-0.2, 0) is 6.54 Å². The van der Waals surface area contributed by atoms with E-state index in [4.69, 9.17) is 0 Å². The van der Waals surface area contributed by atoms with Crippen molar-refractivity contribution >= 4 is 23.3 Å². The van der Waals surface area contributed by atoms with E-state index in [-0.39, 0.29) is 5.82 Å². The fraction of sp³-hybridized carbons (Fsp3) is 0.412. The third-order valence-electron chi connectivity index (χ3n) is 3.92. The second-order valence-electron chi connectivity index (χ2n) is 6.59. The first-order chi connectivity index (χ1) is 12.1. The van der Waals surface area contributed by atoms with Crippen molar-refractivity contribution in [3.05, 3.63) is 35.9 Å². The van der Waals surface area contributed by atoms with E-state index in [2.05, 4.69) is 33.4 Å². The van der Waals surface area contributed by atoms with Crippen LogP contribution in [0.15, 0.2) is 33.8 Å². The van der Waals surface area contributed by atoms with Crippen LogP contribution in [0.1, 0.15) is 38.4 Å². The van der Waals surface area contributed by atoms with Gasteiger partial charge in [-0.05, 0) is 54.2 Å². The topological polar surface area (TPSA) is 56.5 Å². The van der Waals surface area contributed by atoms with Crippen molar-refractivity contribution in [3.8, 4) is 11.4 Å². The lowest BCUT2D eigenvalue weighted by Gasteiger charge is -2.12. The monoisotopic (exact) mass is 375 g/mol. The van der Waals surface area contributed by atoms with Gasteiger partial charge >= 0.3 is 0 Å². The van der Waals surface area contributed by atoms with Gasteiger partial charge in [0.05, 0.1) is 5.56 Å². The fourth-order valence-electron chi connectivity index (χ4n) is 2.58. The molecule has 2 heterocycles. The van der Waals surface area contributed by atoms with Gasteiger partial charge in [-0.15, -0.1) is 10.2 Å². The molecule has 1 saturated carbocycles. The normalized spacial score (nSPS) is 14.4. The number of rotatable bonds is 6. The summed E-state index contributed by atoms with van der Waals surface area (Å²) in [6, 6.07) is 6.68. The molecule has 2 aromatic heterocycles. The maximum absolute atomic E-state index is 14.2. The quantitative estimate of drug-likeness (QED) is 0.629. The SMILES string of the molecule is CC(C)Cn1c(Sc2nc(C3CC3)ns2)nnc1-c1ccccc1F. The molecule has 0 unspecified atom stereocenters. The maximum Gasteiger partial charge on any atom is 0.198 e. The molecule has 130 valence electrons. The Kier molecular flexibility index (Phi) is 4.56. The zero-order valence-electron chi connectivity index (χ0n) is 14.0. The highest BCUT2D eigenvalue weighted by Gasteiger charge is 2.28. The Morgan fingerprint density at radius 2 is 2.08 bits per heavy atom. The van der Waals surface area contributed by atoms with Crippen molar-refractivity contribution < 1.29 is 4.39 Å². The molecule has 0 N–H and O–H groups in total. The Labute approximate surface area is 153 Å². The van der Waals surface area contributed by atoms with Gasteiger partial charge in [0, 0.05) is 12.5 Å². The number of halogens is 1. The van der Waals surface area contributed by atoms with E-state index in [1.54, 1.807) is 12.1 Å². The standard InChI is InChI=1S/C17H18FN5S2/c1-10(2)9-23-15(12-5-3-4-6-13(12)18)20-21-16(23)24-17-19-14(22-25-17)11-7-8-11/h3-6,10-11H,7-9H2,1-2H3. The summed E-state index contributed by atoms with van der Waals surface area (Å²) >= 11 is 2.85.